The Morgan fingerprint density at radius 1 is 1.20 bits per heavy atom. The summed E-state index contributed by atoms with van der Waals surface area (Å²) in [7, 11) is 0. The predicted molar refractivity (Wildman–Crippen MR) is 50.6 cm³/mol. The van der Waals surface area contributed by atoms with Crippen LogP contribution in [0.4, 0.5) is 0 Å². The zero-order valence-corrected chi connectivity index (χ0v) is 7.67. The highest BCUT2D eigenvalue weighted by molar-refractivity contribution is 7.81. The third-order valence-electron chi connectivity index (χ3n) is 1.04. The van der Waals surface area contributed by atoms with Gasteiger partial charge in [-0.2, -0.15) is 0 Å². The van der Waals surface area contributed by atoms with E-state index in [2.05, 4.69) is 42.4 Å². The highest BCUT2D eigenvalue weighted by Crippen LogP contribution is 2.25. The Balaban J connectivity index is 3.07. The quantitative estimate of drug-likeness (QED) is 0.455. The van der Waals surface area contributed by atoms with E-state index in [9.17, 15) is 0 Å². The molecule has 1 nitrogen and oxygen atoms in total. The van der Waals surface area contributed by atoms with Crippen LogP contribution in [0, 0.1) is 0 Å². The van der Waals surface area contributed by atoms with Crippen LogP contribution in [-0.4, -0.2) is 0 Å². The molecule has 0 atom stereocenters. The molecular weight excluding hydrogens is 184 g/mol. The molecule has 0 amide bonds. The van der Waals surface area contributed by atoms with Crippen molar-refractivity contribution < 1.29 is 4.18 Å². The molecule has 54 valence electrons. The molecule has 0 aliphatic heterocycles. The molecule has 0 radical (unpaired) electrons. The fraction of sp³-hybridized carbons (Fsp3) is 0. The van der Waals surface area contributed by atoms with E-state index in [1.807, 2.05) is 6.07 Å². The number of hydrogen-bond donors (Lipinski definition) is 3. The first-order chi connectivity index (χ1) is 4.74. The van der Waals surface area contributed by atoms with E-state index < -0.39 is 0 Å². The highest BCUT2D eigenvalue weighted by atomic mass is 32.1. The largest absolute Gasteiger partial charge is 0.428 e. The standard InChI is InChI=1S/C6H6OS3/c8-4-1-2-5(7-10)6(9)3-4/h1-3,8-10H. The Kier molecular flexibility index (Phi) is 2.82. The molecule has 0 saturated heterocycles. The van der Waals surface area contributed by atoms with E-state index in [0.717, 1.165) is 9.79 Å². The lowest BCUT2D eigenvalue weighted by Crippen LogP contribution is -1.77. The molecule has 1 aromatic carbocycles. The number of rotatable bonds is 1. The normalized spacial score (nSPS) is 9.50. The Morgan fingerprint density at radius 3 is 2.40 bits per heavy atom. The molecule has 0 aliphatic carbocycles. The third kappa shape index (κ3) is 1.78. The van der Waals surface area contributed by atoms with Gasteiger partial charge in [-0.05, 0) is 18.2 Å². The van der Waals surface area contributed by atoms with E-state index in [4.69, 9.17) is 0 Å². The summed E-state index contributed by atoms with van der Waals surface area (Å²) < 4.78 is 4.68. The van der Waals surface area contributed by atoms with Gasteiger partial charge in [0.25, 0.3) is 0 Å². The average molecular weight is 190 g/mol. The lowest BCUT2D eigenvalue weighted by Gasteiger charge is -2.00. The fourth-order valence-corrected chi connectivity index (χ4v) is 1.38. The smallest absolute Gasteiger partial charge is 0.150 e. The van der Waals surface area contributed by atoms with Gasteiger partial charge in [-0.1, -0.05) is 0 Å². The highest BCUT2D eigenvalue weighted by Gasteiger charge is 1.97. The molecular formula is C6H6OS3. The number of benzene rings is 1. The molecule has 1 rings (SSSR count). The minimum Gasteiger partial charge on any atom is -0.428 e. The molecule has 0 spiro atoms. The van der Waals surface area contributed by atoms with Crippen molar-refractivity contribution in [1.29, 1.82) is 0 Å². The second-order valence-corrected chi connectivity index (χ2v) is 2.92. The minimum absolute atomic E-state index is 0.643. The lowest BCUT2D eigenvalue weighted by molar-refractivity contribution is 0.640. The maximum absolute atomic E-state index is 4.68. The fourth-order valence-electron chi connectivity index (χ4n) is 0.583. The van der Waals surface area contributed by atoms with Gasteiger partial charge in [-0.15, -0.1) is 25.3 Å². The zero-order valence-electron chi connectivity index (χ0n) is 4.98. The van der Waals surface area contributed by atoms with E-state index in [1.54, 1.807) is 12.1 Å². The second-order valence-electron chi connectivity index (χ2n) is 1.74. The number of thiol groups is 3. The maximum Gasteiger partial charge on any atom is 0.150 e. The lowest BCUT2D eigenvalue weighted by atomic mass is 10.3. The van der Waals surface area contributed by atoms with Crippen molar-refractivity contribution in [3.63, 3.8) is 0 Å². The molecule has 0 N–H and O–H groups in total. The van der Waals surface area contributed by atoms with Crippen molar-refractivity contribution in [3.05, 3.63) is 18.2 Å². The zero-order chi connectivity index (χ0) is 7.56. The summed E-state index contributed by atoms with van der Waals surface area (Å²) in [6.07, 6.45) is 0. The van der Waals surface area contributed by atoms with Gasteiger partial charge in [0.05, 0.1) is 0 Å². The van der Waals surface area contributed by atoms with E-state index >= 15 is 0 Å². The van der Waals surface area contributed by atoms with Gasteiger partial charge in [0.1, 0.15) is 5.75 Å². The predicted octanol–water partition coefficient (Wildman–Crippen LogP) is 2.49. The molecule has 0 saturated carbocycles. The van der Waals surface area contributed by atoms with Crippen LogP contribution < -0.4 is 4.18 Å². The third-order valence-corrected chi connectivity index (χ3v) is 1.87. The van der Waals surface area contributed by atoms with Crippen LogP contribution in [0.1, 0.15) is 0 Å². The van der Waals surface area contributed by atoms with Crippen molar-refractivity contribution in [1.82, 2.24) is 0 Å². The van der Waals surface area contributed by atoms with Crippen LogP contribution in [0.2, 0.25) is 0 Å². The van der Waals surface area contributed by atoms with Crippen LogP contribution in [0.5, 0.6) is 5.75 Å². The van der Waals surface area contributed by atoms with Crippen LogP contribution in [0.3, 0.4) is 0 Å². The summed E-state index contributed by atoms with van der Waals surface area (Å²) in [6.45, 7) is 0. The van der Waals surface area contributed by atoms with Crippen molar-refractivity contribution in [2.75, 3.05) is 0 Å². The van der Waals surface area contributed by atoms with Gasteiger partial charge in [-0.3, -0.25) is 0 Å². The molecule has 0 bridgehead atoms. The van der Waals surface area contributed by atoms with E-state index in [1.165, 1.54) is 0 Å². The number of hydrogen-bond acceptors (Lipinski definition) is 4. The first kappa shape index (κ1) is 8.17. The Hall–Kier alpha value is 0.0700. The molecule has 0 aliphatic rings. The summed E-state index contributed by atoms with van der Waals surface area (Å²) >= 11 is 11.9. The molecule has 4 heteroatoms. The topological polar surface area (TPSA) is 9.23 Å². The maximum atomic E-state index is 4.68. The van der Waals surface area contributed by atoms with Gasteiger partial charge in [0.15, 0.2) is 0 Å². The van der Waals surface area contributed by atoms with Crippen molar-refractivity contribution >= 4 is 38.2 Å². The molecule has 0 unspecified atom stereocenters. The molecule has 0 heterocycles. The van der Waals surface area contributed by atoms with Crippen molar-refractivity contribution in [2.45, 2.75) is 9.79 Å². The molecule has 1 aromatic rings. The summed E-state index contributed by atoms with van der Waals surface area (Å²) in [4.78, 5) is 1.60. The second kappa shape index (κ2) is 3.46. The SMILES string of the molecule is SOc1ccc(S)cc1S. The van der Waals surface area contributed by atoms with Crippen LogP contribution in [0.15, 0.2) is 28.0 Å². The molecule has 0 aromatic heterocycles. The minimum atomic E-state index is 0.643. The monoisotopic (exact) mass is 190 g/mol. The molecule has 0 fully saturated rings. The Morgan fingerprint density at radius 2 is 1.90 bits per heavy atom. The van der Waals surface area contributed by atoms with Crippen LogP contribution in [0.25, 0.3) is 0 Å². The molecule has 10 heavy (non-hydrogen) atoms. The van der Waals surface area contributed by atoms with Gasteiger partial charge in [0, 0.05) is 22.7 Å². The van der Waals surface area contributed by atoms with Crippen molar-refractivity contribution in [3.8, 4) is 5.75 Å². The van der Waals surface area contributed by atoms with Crippen LogP contribution in [-0.2, 0) is 0 Å². The summed E-state index contributed by atoms with van der Waals surface area (Å²) in [5, 5.41) is 0. The van der Waals surface area contributed by atoms with Gasteiger partial charge in [-0.25, -0.2) is 0 Å². The summed E-state index contributed by atoms with van der Waals surface area (Å²) in [6, 6.07) is 5.36. The Bertz CT molecular complexity index is 236. The van der Waals surface area contributed by atoms with Gasteiger partial charge >= 0.3 is 0 Å². The van der Waals surface area contributed by atoms with Crippen LogP contribution >= 0.6 is 38.2 Å². The van der Waals surface area contributed by atoms with Gasteiger partial charge in [0.2, 0.25) is 0 Å². The average Bonchev–Trinajstić information content (AvgIpc) is 1.88. The Labute approximate surface area is 76.2 Å². The summed E-state index contributed by atoms with van der Waals surface area (Å²) in [5.41, 5.74) is 0. The van der Waals surface area contributed by atoms with Crippen molar-refractivity contribution in [2.24, 2.45) is 0 Å². The summed E-state index contributed by atoms with van der Waals surface area (Å²) in [5.74, 6) is 0.643. The first-order valence-electron chi connectivity index (χ1n) is 2.57. The van der Waals surface area contributed by atoms with E-state index in [-0.39, 0.29) is 0 Å². The first-order valence-corrected chi connectivity index (χ1v) is 3.83. The van der Waals surface area contributed by atoms with E-state index in [0.29, 0.717) is 5.75 Å². The van der Waals surface area contributed by atoms with Gasteiger partial charge < -0.3 is 4.18 Å².